The molecule has 0 bridgehead atoms. The number of benzene rings is 1. The number of rotatable bonds is 5. The number of pyridine rings is 1. The van der Waals surface area contributed by atoms with Crippen LogP contribution in [-0.2, 0) is 0 Å². The number of fused-ring (bicyclic) bond motifs is 1. The van der Waals surface area contributed by atoms with Crippen molar-refractivity contribution in [2.24, 2.45) is 5.92 Å². The molecule has 1 saturated heterocycles. The molecule has 0 spiro atoms. The highest BCUT2D eigenvalue weighted by atomic mass is 35.5. The Morgan fingerprint density at radius 3 is 2.89 bits per heavy atom. The van der Waals surface area contributed by atoms with Crippen LogP contribution in [0.3, 0.4) is 0 Å². The number of nitrogens with one attached hydrogen (secondary N) is 2. The molecule has 1 atom stereocenters. The first kappa shape index (κ1) is 23.0. The molecule has 1 amide bonds. The van der Waals surface area contributed by atoms with Crippen molar-refractivity contribution in [2.45, 2.75) is 12.8 Å². The lowest BCUT2D eigenvalue weighted by Crippen LogP contribution is -2.43. The topological polar surface area (TPSA) is 96.0 Å². The van der Waals surface area contributed by atoms with Gasteiger partial charge in [0.2, 0.25) is 0 Å². The van der Waals surface area contributed by atoms with Gasteiger partial charge in [0.1, 0.15) is 17.2 Å². The molecule has 180 valence electrons. The minimum absolute atomic E-state index is 0.0680. The zero-order valence-electron chi connectivity index (χ0n) is 18.5. The van der Waals surface area contributed by atoms with Crippen LogP contribution >= 0.6 is 11.6 Å². The third-order valence-corrected chi connectivity index (χ3v) is 6.04. The lowest BCUT2D eigenvalue weighted by Gasteiger charge is -2.32. The maximum absolute atomic E-state index is 14.5. The maximum Gasteiger partial charge on any atom is 0.415 e. The summed E-state index contributed by atoms with van der Waals surface area (Å²) in [6, 6.07) is 7.03. The fourth-order valence-electron chi connectivity index (χ4n) is 4.09. The largest absolute Gasteiger partial charge is 0.415 e. The highest BCUT2D eigenvalue weighted by Crippen LogP contribution is 2.28. The second-order valence-electron chi connectivity index (χ2n) is 8.30. The van der Waals surface area contributed by atoms with Gasteiger partial charge in [-0.2, -0.15) is 0 Å². The van der Waals surface area contributed by atoms with Crippen molar-refractivity contribution in [3.05, 3.63) is 65.6 Å². The summed E-state index contributed by atoms with van der Waals surface area (Å²) in [5.41, 5.74) is 1.28. The minimum atomic E-state index is -0.576. The van der Waals surface area contributed by atoms with Gasteiger partial charge in [0.15, 0.2) is 17.5 Å². The summed E-state index contributed by atoms with van der Waals surface area (Å²) < 4.78 is 32.9. The third-order valence-electron chi connectivity index (χ3n) is 5.84. The van der Waals surface area contributed by atoms with Crippen molar-refractivity contribution in [2.75, 3.05) is 25.0 Å². The molecule has 1 aromatic carbocycles. The normalized spacial score (nSPS) is 15.9. The molecule has 5 rings (SSSR count). The van der Waals surface area contributed by atoms with Gasteiger partial charge in [-0.25, -0.2) is 28.5 Å². The molecule has 0 aliphatic carbocycles. The molecule has 35 heavy (non-hydrogen) atoms. The number of anilines is 1. The van der Waals surface area contributed by atoms with Gasteiger partial charge >= 0.3 is 6.09 Å². The van der Waals surface area contributed by atoms with E-state index in [-0.39, 0.29) is 17.5 Å². The number of likely N-dealkylation sites (tertiary alicyclic amines) is 1. The summed E-state index contributed by atoms with van der Waals surface area (Å²) >= 11 is 6.07. The van der Waals surface area contributed by atoms with Gasteiger partial charge in [0.25, 0.3) is 0 Å². The molecule has 1 aliphatic rings. The zero-order valence-corrected chi connectivity index (χ0v) is 19.2. The van der Waals surface area contributed by atoms with Gasteiger partial charge < -0.3 is 19.9 Å². The summed E-state index contributed by atoms with van der Waals surface area (Å²) in [4.78, 5) is 29.9. The van der Waals surface area contributed by atoms with Crippen molar-refractivity contribution in [1.29, 1.82) is 0 Å². The number of hydrogen-bond donors (Lipinski definition) is 2. The molecular weight excluding hydrogens is 478 g/mol. The summed E-state index contributed by atoms with van der Waals surface area (Å²) in [6.07, 6.45) is 5.51. The molecule has 1 fully saturated rings. The van der Waals surface area contributed by atoms with Gasteiger partial charge in [-0.15, -0.1) is 0 Å². The fraction of sp³-hybridized carbons (Fsp3) is 0.250. The third kappa shape index (κ3) is 5.17. The number of H-pyrrole nitrogens is 1. The van der Waals surface area contributed by atoms with Gasteiger partial charge in [0.05, 0.1) is 11.2 Å². The molecule has 8 nitrogen and oxygen atoms in total. The average molecular weight is 499 g/mol. The summed E-state index contributed by atoms with van der Waals surface area (Å²) in [5, 5.41) is 4.27. The van der Waals surface area contributed by atoms with Crippen LogP contribution in [0.1, 0.15) is 12.8 Å². The Morgan fingerprint density at radius 2 is 2.06 bits per heavy atom. The van der Waals surface area contributed by atoms with Crippen LogP contribution < -0.4 is 10.1 Å². The molecule has 11 heteroatoms. The van der Waals surface area contributed by atoms with Gasteiger partial charge in [-0.05, 0) is 49.1 Å². The molecule has 3 aromatic heterocycles. The van der Waals surface area contributed by atoms with E-state index in [9.17, 15) is 13.6 Å². The first-order chi connectivity index (χ1) is 17.0. The molecule has 0 unspecified atom stereocenters. The number of hydrogen-bond acceptors (Lipinski definition) is 6. The van der Waals surface area contributed by atoms with Crippen LogP contribution in [0.5, 0.6) is 5.75 Å². The van der Waals surface area contributed by atoms with E-state index in [0.717, 1.165) is 24.4 Å². The summed E-state index contributed by atoms with van der Waals surface area (Å²) in [5.74, 6) is -0.227. The molecule has 2 N–H and O–H groups in total. The highest BCUT2D eigenvalue weighted by molar-refractivity contribution is 6.31. The van der Waals surface area contributed by atoms with E-state index in [0.29, 0.717) is 41.7 Å². The van der Waals surface area contributed by atoms with E-state index in [4.69, 9.17) is 16.3 Å². The molecule has 0 radical (unpaired) electrons. The Balaban J connectivity index is 1.24. The number of aromatic amines is 1. The van der Waals surface area contributed by atoms with Crippen LogP contribution in [-0.4, -0.2) is 50.6 Å². The van der Waals surface area contributed by atoms with E-state index in [1.165, 1.54) is 30.5 Å². The Kier molecular flexibility index (Phi) is 6.45. The van der Waals surface area contributed by atoms with Gasteiger partial charge in [-0.1, -0.05) is 11.6 Å². The Hall–Kier alpha value is -3.79. The fourth-order valence-corrected chi connectivity index (χ4v) is 4.25. The second kappa shape index (κ2) is 9.83. The summed E-state index contributed by atoms with van der Waals surface area (Å²) in [7, 11) is 0. The minimum Gasteiger partial charge on any atom is -0.410 e. The zero-order chi connectivity index (χ0) is 24.4. The van der Waals surface area contributed by atoms with Crippen molar-refractivity contribution >= 4 is 34.5 Å². The molecule has 1 aliphatic heterocycles. The number of amides is 1. The number of ether oxygens (including phenoxy) is 1. The van der Waals surface area contributed by atoms with Crippen LogP contribution in [0.25, 0.3) is 22.4 Å². The number of piperidine rings is 1. The van der Waals surface area contributed by atoms with Crippen LogP contribution in [0.2, 0.25) is 5.02 Å². The SMILES string of the molecule is O=C(Oc1ccc(F)cc1)N1CCC[C@H](CNc2nc(-c3c[nH]c4ncc(Cl)cc34)ncc2F)C1. The van der Waals surface area contributed by atoms with Crippen LogP contribution in [0, 0.1) is 17.6 Å². The Morgan fingerprint density at radius 1 is 1.23 bits per heavy atom. The highest BCUT2D eigenvalue weighted by Gasteiger charge is 2.25. The quantitative estimate of drug-likeness (QED) is 0.389. The molecule has 0 saturated carbocycles. The number of carbonyl (C=O) groups is 1. The van der Waals surface area contributed by atoms with Gasteiger partial charge in [-0.3, -0.25) is 0 Å². The Labute approximate surface area is 204 Å². The van der Waals surface area contributed by atoms with Crippen LogP contribution in [0.4, 0.5) is 19.4 Å². The first-order valence-corrected chi connectivity index (χ1v) is 11.5. The number of halogens is 3. The number of aromatic nitrogens is 4. The van der Waals surface area contributed by atoms with Crippen LogP contribution in [0.15, 0.2) is 48.9 Å². The maximum atomic E-state index is 14.5. The second-order valence-corrected chi connectivity index (χ2v) is 8.74. The monoisotopic (exact) mass is 498 g/mol. The smallest absolute Gasteiger partial charge is 0.410 e. The standard InChI is InChI=1S/C24H21ClF2N6O2/c25-15-8-18-19(11-30-21(18)29-10-15)22-31-12-20(27)23(32-22)28-9-14-2-1-7-33(13-14)24(34)35-17-5-3-16(26)4-6-17/h3-6,8,10-12,14H,1-2,7,9,13H2,(H,29,30)(H,28,31,32)/t14-/m1/s1. The van der Waals surface area contributed by atoms with E-state index in [2.05, 4.69) is 25.3 Å². The predicted octanol–water partition coefficient (Wildman–Crippen LogP) is 5.27. The van der Waals surface area contributed by atoms with Crippen molar-refractivity contribution < 1.29 is 18.3 Å². The molecule has 4 aromatic rings. The molecular formula is C24H21ClF2N6O2. The van der Waals surface area contributed by atoms with Crippen molar-refractivity contribution in [3.63, 3.8) is 0 Å². The van der Waals surface area contributed by atoms with E-state index in [1.807, 2.05) is 0 Å². The van der Waals surface area contributed by atoms with Crippen molar-refractivity contribution in [3.8, 4) is 17.1 Å². The van der Waals surface area contributed by atoms with E-state index in [1.54, 1.807) is 17.2 Å². The van der Waals surface area contributed by atoms with E-state index >= 15 is 0 Å². The Bertz CT molecular complexity index is 1360. The molecule has 4 heterocycles. The first-order valence-electron chi connectivity index (χ1n) is 11.1. The van der Waals surface area contributed by atoms with E-state index < -0.39 is 17.7 Å². The number of carbonyl (C=O) groups excluding carboxylic acids is 1. The van der Waals surface area contributed by atoms with Gasteiger partial charge in [0, 0.05) is 43.0 Å². The lowest BCUT2D eigenvalue weighted by molar-refractivity contribution is 0.128. The average Bonchev–Trinajstić information content (AvgIpc) is 3.28. The van der Waals surface area contributed by atoms with Crippen molar-refractivity contribution in [1.82, 2.24) is 24.8 Å². The summed E-state index contributed by atoms with van der Waals surface area (Å²) in [6.45, 7) is 1.41. The number of nitrogens with zero attached hydrogens (tertiary/aromatic N) is 4. The predicted molar refractivity (Wildman–Crippen MR) is 127 cm³/mol. The lowest BCUT2D eigenvalue weighted by atomic mass is 9.98.